The lowest BCUT2D eigenvalue weighted by Crippen LogP contribution is -2.22. The monoisotopic (exact) mass is 426 g/mol. The van der Waals surface area contributed by atoms with Crippen LogP contribution >= 0.6 is 11.6 Å². The lowest BCUT2D eigenvalue weighted by atomic mass is 10.1. The second kappa shape index (κ2) is 7.85. The van der Waals surface area contributed by atoms with Crippen molar-refractivity contribution >= 4 is 22.5 Å². The molecule has 0 unspecified atom stereocenters. The van der Waals surface area contributed by atoms with Gasteiger partial charge in [0.25, 0.3) is 5.56 Å². The summed E-state index contributed by atoms with van der Waals surface area (Å²) in [5, 5.41) is 1.05. The molecule has 5 rings (SSSR count). The standard InChI is InChI=1S/C25H19ClN4O/c1-2-29-15-5-8-22(29)17-9-11-18(12-10-17)24-28-21-7-4-3-6-20(21)25(31)30(24)23-14-13-19(26)16-27-23/h3-16H,2H2,1H3. The van der Waals surface area contributed by atoms with Crippen LogP contribution in [0.1, 0.15) is 6.92 Å². The van der Waals surface area contributed by atoms with Gasteiger partial charge in [0.1, 0.15) is 11.6 Å². The molecule has 5 aromatic rings. The first kappa shape index (κ1) is 19.3. The van der Waals surface area contributed by atoms with Crippen LogP contribution in [0.15, 0.2) is 90.0 Å². The molecule has 0 atom stereocenters. The van der Waals surface area contributed by atoms with Crippen molar-refractivity contribution in [1.82, 2.24) is 19.1 Å². The predicted octanol–water partition coefficient (Wildman–Crippen LogP) is 5.59. The molecule has 152 valence electrons. The van der Waals surface area contributed by atoms with Gasteiger partial charge in [-0.2, -0.15) is 0 Å². The summed E-state index contributed by atoms with van der Waals surface area (Å²) in [4.78, 5) is 22.6. The zero-order chi connectivity index (χ0) is 21.4. The van der Waals surface area contributed by atoms with Gasteiger partial charge in [-0.05, 0) is 48.9 Å². The molecule has 3 aromatic heterocycles. The van der Waals surface area contributed by atoms with E-state index in [0.29, 0.717) is 27.6 Å². The highest BCUT2D eigenvalue weighted by Crippen LogP contribution is 2.26. The molecular weight excluding hydrogens is 408 g/mol. The van der Waals surface area contributed by atoms with Gasteiger partial charge >= 0.3 is 0 Å². The van der Waals surface area contributed by atoms with E-state index in [1.54, 1.807) is 22.8 Å². The number of aryl methyl sites for hydroxylation is 1. The van der Waals surface area contributed by atoms with Crippen molar-refractivity contribution < 1.29 is 0 Å². The number of hydrogen-bond donors (Lipinski definition) is 0. The van der Waals surface area contributed by atoms with Gasteiger partial charge in [-0.25, -0.2) is 14.5 Å². The van der Waals surface area contributed by atoms with Crippen LogP contribution in [0, 0.1) is 0 Å². The summed E-state index contributed by atoms with van der Waals surface area (Å²) in [5.41, 5.74) is 3.57. The fourth-order valence-electron chi connectivity index (χ4n) is 3.78. The van der Waals surface area contributed by atoms with E-state index >= 15 is 0 Å². The van der Waals surface area contributed by atoms with Crippen molar-refractivity contribution in [3.63, 3.8) is 0 Å². The highest BCUT2D eigenvalue weighted by Gasteiger charge is 2.15. The molecule has 0 fully saturated rings. The number of halogens is 1. The number of pyridine rings is 1. The second-order valence-electron chi connectivity index (χ2n) is 7.18. The Kier molecular flexibility index (Phi) is 4.88. The first-order chi connectivity index (χ1) is 15.2. The lowest BCUT2D eigenvalue weighted by molar-refractivity contribution is 0.777. The Morgan fingerprint density at radius 3 is 2.42 bits per heavy atom. The van der Waals surface area contributed by atoms with Crippen LogP contribution in [0.25, 0.3) is 39.4 Å². The van der Waals surface area contributed by atoms with E-state index in [2.05, 4.69) is 40.9 Å². The van der Waals surface area contributed by atoms with Crippen LogP contribution in [-0.4, -0.2) is 19.1 Å². The van der Waals surface area contributed by atoms with E-state index in [0.717, 1.165) is 23.4 Å². The minimum Gasteiger partial charge on any atom is -0.348 e. The number of nitrogens with zero attached hydrogens (tertiary/aromatic N) is 4. The van der Waals surface area contributed by atoms with Gasteiger partial charge in [0.05, 0.1) is 15.9 Å². The van der Waals surface area contributed by atoms with Crippen LogP contribution < -0.4 is 5.56 Å². The average Bonchev–Trinajstić information content (AvgIpc) is 3.29. The molecule has 5 nitrogen and oxygen atoms in total. The molecule has 0 saturated carbocycles. The number of fused-ring (bicyclic) bond motifs is 1. The maximum atomic E-state index is 13.4. The minimum atomic E-state index is -0.167. The summed E-state index contributed by atoms with van der Waals surface area (Å²) in [6, 6.07) is 23.0. The third-order valence-electron chi connectivity index (χ3n) is 5.33. The van der Waals surface area contributed by atoms with Crippen LogP contribution in [0.2, 0.25) is 5.02 Å². The Hall–Kier alpha value is -3.70. The Morgan fingerprint density at radius 1 is 0.903 bits per heavy atom. The SMILES string of the molecule is CCn1cccc1-c1ccc(-c2nc3ccccc3c(=O)n2-c2ccc(Cl)cn2)cc1. The van der Waals surface area contributed by atoms with Crippen LogP contribution in [0.4, 0.5) is 0 Å². The first-order valence-corrected chi connectivity index (χ1v) is 10.4. The van der Waals surface area contributed by atoms with Crippen molar-refractivity contribution in [1.29, 1.82) is 0 Å². The van der Waals surface area contributed by atoms with Gasteiger partial charge in [0.2, 0.25) is 0 Å². The van der Waals surface area contributed by atoms with Gasteiger partial charge < -0.3 is 4.57 Å². The van der Waals surface area contributed by atoms with E-state index in [1.807, 2.05) is 36.4 Å². The molecule has 0 radical (unpaired) electrons. The number of benzene rings is 2. The van der Waals surface area contributed by atoms with Gasteiger partial charge in [0, 0.05) is 30.2 Å². The fraction of sp³-hybridized carbons (Fsp3) is 0.0800. The van der Waals surface area contributed by atoms with Gasteiger partial charge in [0.15, 0.2) is 0 Å². The number of hydrogen-bond acceptors (Lipinski definition) is 3. The summed E-state index contributed by atoms with van der Waals surface area (Å²) in [7, 11) is 0. The minimum absolute atomic E-state index is 0.167. The fourth-order valence-corrected chi connectivity index (χ4v) is 3.89. The first-order valence-electron chi connectivity index (χ1n) is 10.1. The molecule has 0 aliphatic carbocycles. The molecule has 0 saturated heterocycles. The Labute approximate surface area is 184 Å². The Bertz CT molecular complexity index is 1430. The van der Waals surface area contributed by atoms with E-state index in [1.165, 1.54) is 6.20 Å². The molecule has 0 amide bonds. The van der Waals surface area contributed by atoms with Gasteiger partial charge in [-0.3, -0.25) is 4.79 Å². The Morgan fingerprint density at radius 2 is 1.68 bits per heavy atom. The van der Waals surface area contributed by atoms with Crippen molar-refractivity contribution in [2.75, 3.05) is 0 Å². The molecule has 31 heavy (non-hydrogen) atoms. The van der Waals surface area contributed by atoms with E-state index in [4.69, 9.17) is 16.6 Å². The van der Waals surface area contributed by atoms with E-state index < -0.39 is 0 Å². The van der Waals surface area contributed by atoms with Crippen LogP contribution in [0.3, 0.4) is 0 Å². The third kappa shape index (κ3) is 3.43. The maximum Gasteiger partial charge on any atom is 0.267 e. The zero-order valence-electron chi connectivity index (χ0n) is 16.9. The zero-order valence-corrected chi connectivity index (χ0v) is 17.6. The van der Waals surface area contributed by atoms with Crippen molar-refractivity contribution in [3.05, 3.63) is 101 Å². The molecular formula is C25H19ClN4O. The highest BCUT2D eigenvalue weighted by atomic mass is 35.5. The van der Waals surface area contributed by atoms with E-state index in [9.17, 15) is 4.79 Å². The molecule has 3 heterocycles. The molecule has 0 bridgehead atoms. The molecule has 2 aromatic carbocycles. The largest absolute Gasteiger partial charge is 0.348 e. The summed E-state index contributed by atoms with van der Waals surface area (Å²) in [6.45, 7) is 3.02. The third-order valence-corrected chi connectivity index (χ3v) is 5.55. The Balaban J connectivity index is 1.71. The number of rotatable bonds is 4. The van der Waals surface area contributed by atoms with Crippen molar-refractivity contribution in [3.8, 4) is 28.5 Å². The lowest BCUT2D eigenvalue weighted by Gasteiger charge is -2.14. The smallest absolute Gasteiger partial charge is 0.267 e. The maximum absolute atomic E-state index is 13.4. The predicted molar refractivity (Wildman–Crippen MR) is 125 cm³/mol. The van der Waals surface area contributed by atoms with Crippen LogP contribution in [0.5, 0.6) is 0 Å². The van der Waals surface area contributed by atoms with E-state index in [-0.39, 0.29) is 5.56 Å². The quantitative estimate of drug-likeness (QED) is 0.376. The summed E-state index contributed by atoms with van der Waals surface area (Å²) >= 11 is 6.01. The van der Waals surface area contributed by atoms with Crippen molar-refractivity contribution in [2.45, 2.75) is 13.5 Å². The van der Waals surface area contributed by atoms with Gasteiger partial charge in [-0.1, -0.05) is 48.0 Å². The normalized spacial score (nSPS) is 11.2. The van der Waals surface area contributed by atoms with Gasteiger partial charge in [-0.15, -0.1) is 0 Å². The molecule has 0 spiro atoms. The number of aromatic nitrogens is 4. The summed E-state index contributed by atoms with van der Waals surface area (Å²) in [5.74, 6) is 1.02. The topological polar surface area (TPSA) is 52.7 Å². The average molecular weight is 427 g/mol. The number of para-hydroxylation sites is 1. The second-order valence-corrected chi connectivity index (χ2v) is 7.62. The molecule has 0 N–H and O–H groups in total. The van der Waals surface area contributed by atoms with Crippen LogP contribution in [-0.2, 0) is 6.54 Å². The summed E-state index contributed by atoms with van der Waals surface area (Å²) < 4.78 is 3.74. The van der Waals surface area contributed by atoms with Crippen molar-refractivity contribution in [2.24, 2.45) is 0 Å². The highest BCUT2D eigenvalue weighted by molar-refractivity contribution is 6.30. The molecule has 6 heteroatoms. The molecule has 0 aliphatic rings. The molecule has 0 aliphatic heterocycles. The summed E-state index contributed by atoms with van der Waals surface area (Å²) in [6.07, 6.45) is 3.60.